The van der Waals surface area contributed by atoms with Crippen molar-refractivity contribution in [2.24, 2.45) is 0 Å². The Hall–Kier alpha value is -4.25. The number of aryl methyl sites for hydroxylation is 1. The summed E-state index contributed by atoms with van der Waals surface area (Å²) in [5.41, 5.74) is 1.03. The molecule has 0 heterocycles. The zero-order chi connectivity index (χ0) is 29.0. The van der Waals surface area contributed by atoms with Gasteiger partial charge in [0.25, 0.3) is 5.91 Å². The molecular formula is C29H28F3N3O4S. The molecule has 0 saturated heterocycles. The molecule has 3 aromatic rings. The fourth-order valence-corrected chi connectivity index (χ4v) is 3.84. The number of ether oxygens (including phenoxy) is 1. The highest BCUT2D eigenvalue weighted by molar-refractivity contribution is 7.80. The van der Waals surface area contributed by atoms with Crippen molar-refractivity contribution in [3.63, 3.8) is 0 Å². The van der Waals surface area contributed by atoms with E-state index in [0.717, 1.165) is 25.0 Å². The number of amides is 2. The summed E-state index contributed by atoms with van der Waals surface area (Å²) in [4.78, 5) is 36.4. The largest absolute Gasteiger partial charge is 0.466 e. The highest BCUT2D eigenvalue weighted by Crippen LogP contribution is 2.30. The number of halogens is 3. The van der Waals surface area contributed by atoms with Crippen LogP contribution in [-0.2, 0) is 26.9 Å². The monoisotopic (exact) mass is 571 g/mol. The molecule has 3 N–H and O–H groups in total. The van der Waals surface area contributed by atoms with E-state index >= 15 is 0 Å². The first-order valence-corrected chi connectivity index (χ1v) is 12.9. The molecule has 2 amide bonds. The first kappa shape index (κ1) is 30.3. The SMILES string of the molecule is O=C(CCCC(=O)OCCCc1ccccc1)NC(=S)Nc1ccc(C(=O)Nc2cccc(C(F)(F)F)c2)cc1. The molecule has 40 heavy (non-hydrogen) atoms. The maximum Gasteiger partial charge on any atom is 0.416 e. The van der Waals surface area contributed by atoms with Crippen molar-refractivity contribution >= 4 is 46.5 Å². The van der Waals surface area contributed by atoms with Crippen LogP contribution in [0, 0.1) is 0 Å². The second-order valence-electron chi connectivity index (χ2n) is 8.78. The van der Waals surface area contributed by atoms with Crippen molar-refractivity contribution in [1.82, 2.24) is 5.32 Å². The zero-order valence-corrected chi connectivity index (χ0v) is 22.2. The Bertz CT molecular complexity index is 1320. The topological polar surface area (TPSA) is 96.5 Å². The average Bonchev–Trinajstić information content (AvgIpc) is 2.91. The van der Waals surface area contributed by atoms with Crippen molar-refractivity contribution in [1.29, 1.82) is 0 Å². The molecule has 210 valence electrons. The van der Waals surface area contributed by atoms with Crippen LogP contribution in [0.1, 0.15) is 47.2 Å². The molecule has 0 spiro atoms. The number of nitrogens with one attached hydrogen (secondary N) is 3. The predicted octanol–water partition coefficient (Wildman–Crippen LogP) is 6.12. The molecule has 0 atom stereocenters. The number of hydrogen-bond acceptors (Lipinski definition) is 5. The third kappa shape index (κ3) is 10.5. The number of carbonyl (C=O) groups is 3. The summed E-state index contributed by atoms with van der Waals surface area (Å²) in [5, 5.41) is 7.80. The van der Waals surface area contributed by atoms with Gasteiger partial charge >= 0.3 is 12.1 Å². The number of alkyl halides is 3. The number of benzene rings is 3. The lowest BCUT2D eigenvalue weighted by Crippen LogP contribution is -2.34. The molecule has 7 nitrogen and oxygen atoms in total. The van der Waals surface area contributed by atoms with E-state index < -0.39 is 17.6 Å². The van der Waals surface area contributed by atoms with Crippen LogP contribution in [0.3, 0.4) is 0 Å². The van der Waals surface area contributed by atoms with Crippen LogP contribution in [-0.4, -0.2) is 29.5 Å². The lowest BCUT2D eigenvalue weighted by Gasteiger charge is -2.11. The molecule has 0 aliphatic rings. The maximum absolute atomic E-state index is 12.9. The molecule has 11 heteroatoms. The molecule has 0 aromatic heterocycles. The Morgan fingerprint density at radius 1 is 0.800 bits per heavy atom. The minimum atomic E-state index is -4.52. The molecule has 0 bridgehead atoms. The van der Waals surface area contributed by atoms with Gasteiger partial charge in [-0.05, 0) is 79.5 Å². The molecule has 0 aliphatic carbocycles. The third-order valence-electron chi connectivity index (χ3n) is 5.61. The minimum Gasteiger partial charge on any atom is -0.466 e. The van der Waals surface area contributed by atoms with Gasteiger partial charge in [0.1, 0.15) is 0 Å². The number of esters is 1. The van der Waals surface area contributed by atoms with Crippen LogP contribution in [0.5, 0.6) is 0 Å². The average molecular weight is 572 g/mol. The van der Waals surface area contributed by atoms with E-state index in [1.807, 2.05) is 30.3 Å². The summed E-state index contributed by atoms with van der Waals surface area (Å²) in [6.45, 7) is 0.319. The van der Waals surface area contributed by atoms with Crippen molar-refractivity contribution < 1.29 is 32.3 Å². The molecule has 0 aliphatic heterocycles. The Morgan fingerprint density at radius 3 is 2.23 bits per heavy atom. The fourth-order valence-electron chi connectivity index (χ4n) is 3.61. The Balaban J connectivity index is 1.34. The summed E-state index contributed by atoms with van der Waals surface area (Å²) in [6, 6.07) is 20.2. The van der Waals surface area contributed by atoms with Gasteiger partial charge in [-0.2, -0.15) is 13.2 Å². The van der Waals surface area contributed by atoms with Crippen LogP contribution in [0.4, 0.5) is 24.5 Å². The highest BCUT2D eigenvalue weighted by Gasteiger charge is 2.30. The van der Waals surface area contributed by atoms with Gasteiger partial charge in [0.05, 0.1) is 12.2 Å². The molecular weight excluding hydrogens is 543 g/mol. The van der Waals surface area contributed by atoms with Crippen LogP contribution in [0.25, 0.3) is 0 Å². The van der Waals surface area contributed by atoms with Gasteiger partial charge in [-0.25, -0.2) is 0 Å². The van der Waals surface area contributed by atoms with E-state index in [-0.39, 0.29) is 41.1 Å². The first-order chi connectivity index (χ1) is 19.1. The normalized spacial score (nSPS) is 10.9. The van der Waals surface area contributed by atoms with Crippen LogP contribution in [0.2, 0.25) is 0 Å². The zero-order valence-electron chi connectivity index (χ0n) is 21.4. The second-order valence-corrected chi connectivity index (χ2v) is 9.18. The van der Waals surface area contributed by atoms with E-state index in [0.29, 0.717) is 18.7 Å². The van der Waals surface area contributed by atoms with E-state index in [9.17, 15) is 27.6 Å². The summed E-state index contributed by atoms with van der Waals surface area (Å²) in [7, 11) is 0. The number of thiocarbonyl (C=S) groups is 1. The predicted molar refractivity (Wildman–Crippen MR) is 150 cm³/mol. The van der Waals surface area contributed by atoms with Crippen molar-refractivity contribution in [3.05, 3.63) is 95.6 Å². The summed E-state index contributed by atoms with van der Waals surface area (Å²) < 4.78 is 43.8. The standard InChI is InChI=1S/C29H28F3N3O4S/c30-29(31,32)22-10-4-11-24(19-22)33-27(38)21-14-16-23(17-15-21)34-28(40)35-25(36)12-5-13-26(37)39-18-6-9-20-7-2-1-3-8-20/h1-4,7-8,10-11,14-17,19H,5-6,9,12-13,18H2,(H,33,38)(H2,34,35,36,40). The summed E-state index contributed by atoms with van der Waals surface area (Å²) in [6.07, 6.45) is -2.48. The maximum atomic E-state index is 12.9. The number of rotatable bonds is 11. The number of anilines is 2. The van der Waals surface area contributed by atoms with Gasteiger partial charge in [-0.3, -0.25) is 14.4 Å². The van der Waals surface area contributed by atoms with Gasteiger partial charge in [0, 0.05) is 29.8 Å². The quantitative estimate of drug-likeness (QED) is 0.146. The molecule has 0 radical (unpaired) electrons. The van der Waals surface area contributed by atoms with E-state index in [1.54, 1.807) is 0 Å². The van der Waals surface area contributed by atoms with Crippen LogP contribution in [0.15, 0.2) is 78.9 Å². The molecule has 0 saturated carbocycles. The van der Waals surface area contributed by atoms with Crippen LogP contribution < -0.4 is 16.0 Å². The van der Waals surface area contributed by atoms with E-state index in [1.165, 1.54) is 42.0 Å². The fraction of sp³-hybridized carbons (Fsp3) is 0.241. The first-order valence-electron chi connectivity index (χ1n) is 12.5. The molecule has 3 rings (SSSR count). The van der Waals surface area contributed by atoms with Crippen molar-refractivity contribution in [2.75, 3.05) is 17.2 Å². The van der Waals surface area contributed by atoms with Crippen LogP contribution >= 0.6 is 12.2 Å². The van der Waals surface area contributed by atoms with Gasteiger partial charge in [-0.15, -0.1) is 0 Å². The Labute approximate surface area is 235 Å². The van der Waals surface area contributed by atoms with Crippen molar-refractivity contribution in [3.8, 4) is 0 Å². The highest BCUT2D eigenvalue weighted by atomic mass is 32.1. The Kier molecular flexibility index (Phi) is 11.2. The van der Waals surface area contributed by atoms with E-state index in [4.69, 9.17) is 17.0 Å². The molecule has 0 unspecified atom stereocenters. The lowest BCUT2D eigenvalue weighted by molar-refractivity contribution is -0.144. The molecule has 0 fully saturated rings. The smallest absolute Gasteiger partial charge is 0.416 e. The van der Waals surface area contributed by atoms with Gasteiger partial charge in [0.2, 0.25) is 5.91 Å². The summed E-state index contributed by atoms with van der Waals surface area (Å²) >= 11 is 5.13. The third-order valence-corrected chi connectivity index (χ3v) is 5.81. The van der Waals surface area contributed by atoms with E-state index in [2.05, 4.69) is 16.0 Å². The van der Waals surface area contributed by atoms with Gasteiger partial charge in [-0.1, -0.05) is 36.4 Å². The lowest BCUT2D eigenvalue weighted by atomic mass is 10.1. The molecule has 3 aromatic carbocycles. The minimum absolute atomic E-state index is 0.0160. The van der Waals surface area contributed by atoms with Gasteiger partial charge < -0.3 is 20.7 Å². The van der Waals surface area contributed by atoms with Crippen molar-refractivity contribution in [2.45, 2.75) is 38.3 Å². The number of hydrogen-bond donors (Lipinski definition) is 3. The Morgan fingerprint density at radius 2 is 1.52 bits per heavy atom. The second kappa shape index (κ2) is 14.8. The summed E-state index contributed by atoms with van der Waals surface area (Å²) in [5.74, 6) is -1.32. The number of carbonyl (C=O) groups excluding carboxylic acids is 3. The van der Waals surface area contributed by atoms with Gasteiger partial charge in [0.15, 0.2) is 5.11 Å².